The Morgan fingerprint density at radius 2 is 1.90 bits per heavy atom. The maximum atomic E-state index is 6.22. The minimum Gasteiger partial charge on any atom is -0.319 e. The Hall–Kier alpha value is -1.38. The van der Waals surface area contributed by atoms with Gasteiger partial charge in [-0.2, -0.15) is 0 Å². The van der Waals surface area contributed by atoms with Gasteiger partial charge in [0.1, 0.15) is 0 Å². The van der Waals surface area contributed by atoms with Crippen LogP contribution in [0.1, 0.15) is 16.7 Å². The molecule has 0 aliphatic heterocycles. The van der Waals surface area contributed by atoms with Crippen molar-refractivity contribution in [1.82, 2.24) is 10.3 Å². The summed E-state index contributed by atoms with van der Waals surface area (Å²) < 4.78 is 0. The second-order valence-corrected chi connectivity index (χ2v) is 5.63. The van der Waals surface area contributed by atoms with Gasteiger partial charge in [-0.1, -0.05) is 35.9 Å². The Labute approximate surface area is 126 Å². The Kier molecular flexibility index (Phi) is 5.57. The molecule has 106 valence electrons. The van der Waals surface area contributed by atoms with Crippen molar-refractivity contribution in [1.29, 1.82) is 0 Å². The zero-order valence-electron chi connectivity index (χ0n) is 12.1. The summed E-state index contributed by atoms with van der Waals surface area (Å²) in [5.74, 6) is 0.529. The fourth-order valence-corrected chi connectivity index (χ4v) is 2.73. The molecule has 1 aromatic heterocycles. The number of hydrogen-bond acceptors (Lipinski definition) is 2. The van der Waals surface area contributed by atoms with Crippen LogP contribution in [-0.2, 0) is 12.8 Å². The average molecular weight is 289 g/mol. The van der Waals surface area contributed by atoms with Crippen molar-refractivity contribution >= 4 is 11.6 Å². The molecule has 3 heteroatoms. The van der Waals surface area contributed by atoms with Gasteiger partial charge in [-0.3, -0.25) is 4.98 Å². The molecule has 1 aromatic carbocycles. The molecule has 1 unspecified atom stereocenters. The standard InChI is InChI=1S/C17H21ClN2/c1-13-5-3-4-6-15(13)9-14(11-19-2)10-16-7-8-20-12-17(16)18/h3-8,12,14,19H,9-11H2,1-2H3. The van der Waals surface area contributed by atoms with Crippen molar-refractivity contribution in [2.24, 2.45) is 5.92 Å². The molecule has 0 aliphatic carbocycles. The van der Waals surface area contributed by atoms with E-state index in [1.54, 1.807) is 6.20 Å². The van der Waals surface area contributed by atoms with Crippen LogP contribution < -0.4 is 5.32 Å². The summed E-state index contributed by atoms with van der Waals surface area (Å²) in [6.45, 7) is 3.15. The first-order valence-corrected chi connectivity index (χ1v) is 7.36. The number of rotatable bonds is 6. The van der Waals surface area contributed by atoms with Crippen LogP contribution in [0, 0.1) is 12.8 Å². The minimum absolute atomic E-state index is 0.529. The predicted octanol–water partition coefficient (Wildman–Crippen LogP) is 3.66. The van der Waals surface area contributed by atoms with Gasteiger partial charge in [-0.25, -0.2) is 0 Å². The summed E-state index contributed by atoms with van der Waals surface area (Å²) in [5.41, 5.74) is 3.95. The van der Waals surface area contributed by atoms with Crippen LogP contribution in [0.4, 0.5) is 0 Å². The molecule has 2 rings (SSSR count). The van der Waals surface area contributed by atoms with Crippen LogP contribution in [0.5, 0.6) is 0 Å². The van der Waals surface area contributed by atoms with Crippen LogP contribution in [0.2, 0.25) is 5.02 Å². The molecule has 0 saturated heterocycles. The number of nitrogens with zero attached hydrogens (tertiary/aromatic N) is 1. The van der Waals surface area contributed by atoms with Gasteiger partial charge in [-0.05, 0) is 62.0 Å². The summed E-state index contributed by atoms with van der Waals surface area (Å²) in [5, 5.41) is 4.05. The lowest BCUT2D eigenvalue weighted by Crippen LogP contribution is -2.23. The van der Waals surface area contributed by atoms with Gasteiger partial charge in [0.2, 0.25) is 0 Å². The Bertz CT molecular complexity index is 507. The highest BCUT2D eigenvalue weighted by atomic mass is 35.5. The molecule has 1 atom stereocenters. The van der Waals surface area contributed by atoms with Crippen LogP contribution in [0.15, 0.2) is 42.7 Å². The molecule has 0 amide bonds. The van der Waals surface area contributed by atoms with Crippen molar-refractivity contribution in [3.8, 4) is 0 Å². The number of hydrogen-bond donors (Lipinski definition) is 1. The number of nitrogens with one attached hydrogen (secondary N) is 1. The molecule has 20 heavy (non-hydrogen) atoms. The van der Waals surface area contributed by atoms with Crippen molar-refractivity contribution < 1.29 is 0 Å². The van der Waals surface area contributed by atoms with E-state index >= 15 is 0 Å². The maximum Gasteiger partial charge on any atom is 0.0621 e. The monoisotopic (exact) mass is 288 g/mol. The van der Waals surface area contributed by atoms with E-state index in [0.29, 0.717) is 5.92 Å². The Morgan fingerprint density at radius 3 is 2.60 bits per heavy atom. The number of aromatic nitrogens is 1. The third kappa shape index (κ3) is 4.06. The van der Waals surface area contributed by atoms with Crippen LogP contribution in [0.3, 0.4) is 0 Å². The highest BCUT2D eigenvalue weighted by Crippen LogP contribution is 2.21. The van der Waals surface area contributed by atoms with Crippen LogP contribution in [0.25, 0.3) is 0 Å². The van der Waals surface area contributed by atoms with E-state index < -0.39 is 0 Å². The van der Waals surface area contributed by atoms with Gasteiger partial charge < -0.3 is 5.32 Å². The maximum absolute atomic E-state index is 6.22. The topological polar surface area (TPSA) is 24.9 Å². The molecule has 0 spiro atoms. The number of halogens is 1. The number of benzene rings is 1. The fourth-order valence-electron chi connectivity index (χ4n) is 2.54. The van der Waals surface area contributed by atoms with E-state index in [1.807, 2.05) is 19.3 Å². The molecule has 2 nitrogen and oxygen atoms in total. The van der Waals surface area contributed by atoms with Crippen molar-refractivity contribution in [3.05, 3.63) is 64.4 Å². The van der Waals surface area contributed by atoms with Gasteiger partial charge in [0.05, 0.1) is 5.02 Å². The highest BCUT2D eigenvalue weighted by molar-refractivity contribution is 6.31. The lowest BCUT2D eigenvalue weighted by molar-refractivity contribution is 0.492. The molecule has 0 saturated carbocycles. The fraction of sp³-hybridized carbons (Fsp3) is 0.353. The van der Waals surface area contributed by atoms with Crippen molar-refractivity contribution in [3.63, 3.8) is 0 Å². The van der Waals surface area contributed by atoms with E-state index in [4.69, 9.17) is 11.6 Å². The molecule has 0 bridgehead atoms. The first kappa shape index (κ1) is 15.0. The SMILES string of the molecule is CNCC(Cc1ccccc1C)Cc1ccncc1Cl. The second kappa shape index (κ2) is 7.41. The van der Waals surface area contributed by atoms with E-state index in [0.717, 1.165) is 24.4 Å². The summed E-state index contributed by atoms with van der Waals surface area (Å²) in [7, 11) is 2.00. The summed E-state index contributed by atoms with van der Waals surface area (Å²) >= 11 is 6.22. The summed E-state index contributed by atoms with van der Waals surface area (Å²) in [6.07, 6.45) is 5.56. The van der Waals surface area contributed by atoms with E-state index in [9.17, 15) is 0 Å². The molecule has 2 aromatic rings. The zero-order valence-corrected chi connectivity index (χ0v) is 12.8. The van der Waals surface area contributed by atoms with Gasteiger partial charge in [0.15, 0.2) is 0 Å². The van der Waals surface area contributed by atoms with E-state index in [-0.39, 0.29) is 0 Å². The summed E-state index contributed by atoms with van der Waals surface area (Å²) in [4.78, 5) is 4.05. The van der Waals surface area contributed by atoms with E-state index in [1.165, 1.54) is 16.7 Å². The molecule has 0 fully saturated rings. The Balaban J connectivity index is 2.12. The molecule has 1 heterocycles. The van der Waals surface area contributed by atoms with Gasteiger partial charge in [-0.15, -0.1) is 0 Å². The Morgan fingerprint density at radius 1 is 1.15 bits per heavy atom. The average Bonchev–Trinajstić information content (AvgIpc) is 2.44. The molecule has 0 radical (unpaired) electrons. The van der Waals surface area contributed by atoms with Gasteiger partial charge >= 0.3 is 0 Å². The number of aryl methyl sites for hydroxylation is 1. The summed E-state index contributed by atoms with van der Waals surface area (Å²) in [6, 6.07) is 10.6. The molecular formula is C17H21ClN2. The number of pyridine rings is 1. The third-order valence-electron chi connectivity index (χ3n) is 3.63. The van der Waals surface area contributed by atoms with Gasteiger partial charge in [0.25, 0.3) is 0 Å². The first-order valence-electron chi connectivity index (χ1n) is 6.98. The normalized spacial score (nSPS) is 12.3. The lowest BCUT2D eigenvalue weighted by atomic mass is 9.91. The van der Waals surface area contributed by atoms with Crippen molar-refractivity contribution in [2.45, 2.75) is 19.8 Å². The van der Waals surface area contributed by atoms with Crippen LogP contribution >= 0.6 is 11.6 Å². The largest absolute Gasteiger partial charge is 0.319 e. The predicted molar refractivity (Wildman–Crippen MR) is 85.3 cm³/mol. The lowest BCUT2D eigenvalue weighted by Gasteiger charge is -2.18. The first-order chi connectivity index (χ1) is 9.70. The second-order valence-electron chi connectivity index (χ2n) is 5.23. The van der Waals surface area contributed by atoms with Crippen molar-refractivity contribution in [2.75, 3.05) is 13.6 Å². The minimum atomic E-state index is 0.529. The van der Waals surface area contributed by atoms with Crippen LogP contribution in [-0.4, -0.2) is 18.6 Å². The third-order valence-corrected chi connectivity index (χ3v) is 3.97. The molecular weight excluding hydrogens is 268 g/mol. The molecule has 1 N–H and O–H groups in total. The zero-order chi connectivity index (χ0) is 14.4. The quantitative estimate of drug-likeness (QED) is 0.877. The smallest absolute Gasteiger partial charge is 0.0621 e. The highest BCUT2D eigenvalue weighted by Gasteiger charge is 2.13. The molecule has 0 aliphatic rings. The van der Waals surface area contributed by atoms with Gasteiger partial charge in [0, 0.05) is 12.4 Å². The van der Waals surface area contributed by atoms with E-state index in [2.05, 4.69) is 41.5 Å².